The molecule has 10 heteroatoms. The van der Waals surface area contributed by atoms with Crippen LogP contribution in [0.5, 0.6) is 5.75 Å². The van der Waals surface area contributed by atoms with Gasteiger partial charge in [-0.05, 0) is 55.3 Å². The van der Waals surface area contributed by atoms with Crippen LogP contribution in [0.4, 0.5) is 5.69 Å². The van der Waals surface area contributed by atoms with Crippen molar-refractivity contribution in [3.63, 3.8) is 0 Å². The van der Waals surface area contributed by atoms with Gasteiger partial charge >= 0.3 is 0 Å². The zero-order chi connectivity index (χ0) is 28.4. The molecule has 0 saturated heterocycles. The maximum absolute atomic E-state index is 13.9. The molecule has 0 aliphatic rings. The number of nitrogens with one attached hydrogen (secondary N) is 1. The molecule has 3 rings (SSSR count). The normalized spacial score (nSPS) is 11.9. The van der Waals surface area contributed by atoms with E-state index in [0.717, 1.165) is 22.7 Å². The number of anilines is 1. The molecule has 0 aromatic heterocycles. The summed E-state index contributed by atoms with van der Waals surface area (Å²) < 4.78 is 34.1. The van der Waals surface area contributed by atoms with Crippen molar-refractivity contribution in [3.05, 3.63) is 89.4 Å². The summed E-state index contributed by atoms with van der Waals surface area (Å²) in [5, 5.41) is 3.41. The number of amides is 2. The van der Waals surface area contributed by atoms with E-state index in [4.69, 9.17) is 16.3 Å². The van der Waals surface area contributed by atoms with Crippen LogP contribution in [0.25, 0.3) is 0 Å². The summed E-state index contributed by atoms with van der Waals surface area (Å²) in [6.07, 6.45) is 1.72. The molecule has 0 saturated carbocycles. The van der Waals surface area contributed by atoms with E-state index < -0.39 is 28.5 Å². The topological polar surface area (TPSA) is 96.0 Å². The second-order valence-electron chi connectivity index (χ2n) is 8.97. The summed E-state index contributed by atoms with van der Waals surface area (Å²) in [5.74, 6) is -0.576. The molecule has 0 heterocycles. The van der Waals surface area contributed by atoms with Crippen LogP contribution >= 0.6 is 11.6 Å². The van der Waals surface area contributed by atoms with Crippen LogP contribution in [0.3, 0.4) is 0 Å². The Bertz CT molecular complexity index is 1350. The van der Waals surface area contributed by atoms with Gasteiger partial charge in [0.15, 0.2) is 0 Å². The predicted octanol–water partition coefficient (Wildman–Crippen LogP) is 4.88. The van der Waals surface area contributed by atoms with Gasteiger partial charge in [0.2, 0.25) is 11.8 Å². The Balaban J connectivity index is 2.02. The third kappa shape index (κ3) is 7.74. The van der Waals surface area contributed by atoms with Gasteiger partial charge in [0.25, 0.3) is 10.0 Å². The van der Waals surface area contributed by atoms with E-state index in [2.05, 4.69) is 5.32 Å². The number of para-hydroxylation sites is 2. The first-order valence-electron chi connectivity index (χ1n) is 12.7. The smallest absolute Gasteiger partial charge is 0.264 e. The molecule has 1 N–H and O–H groups in total. The first kappa shape index (κ1) is 30.0. The average molecular weight is 572 g/mol. The molecule has 8 nitrogen and oxygen atoms in total. The van der Waals surface area contributed by atoms with Crippen molar-refractivity contribution in [1.82, 2.24) is 10.2 Å². The van der Waals surface area contributed by atoms with Crippen LogP contribution in [0.1, 0.15) is 32.3 Å². The Kier molecular flexibility index (Phi) is 10.8. The van der Waals surface area contributed by atoms with Gasteiger partial charge < -0.3 is 15.0 Å². The van der Waals surface area contributed by atoms with Crippen molar-refractivity contribution >= 4 is 39.1 Å². The maximum atomic E-state index is 13.9. The summed E-state index contributed by atoms with van der Waals surface area (Å²) >= 11 is 6.04. The summed E-state index contributed by atoms with van der Waals surface area (Å²) in [6, 6.07) is 20.6. The highest BCUT2D eigenvalue weighted by Crippen LogP contribution is 2.32. The zero-order valence-electron chi connectivity index (χ0n) is 22.3. The second kappa shape index (κ2) is 14.0. The third-order valence-electron chi connectivity index (χ3n) is 6.23. The summed E-state index contributed by atoms with van der Waals surface area (Å²) in [7, 11) is -2.74. The molecule has 2 amide bonds. The van der Waals surface area contributed by atoms with Gasteiger partial charge in [-0.3, -0.25) is 13.9 Å². The number of ether oxygens (including phenoxy) is 1. The van der Waals surface area contributed by atoms with Crippen molar-refractivity contribution in [3.8, 4) is 5.75 Å². The number of carbonyl (C=O) groups excluding carboxylic acids is 2. The Morgan fingerprint density at radius 1 is 0.974 bits per heavy atom. The van der Waals surface area contributed by atoms with E-state index in [1.807, 2.05) is 6.92 Å². The van der Waals surface area contributed by atoms with Gasteiger partial charge in [-0.15, -0.1) is 0 Å². The number of sulfonamides is 1. The number of methoxy groups -OCH3 is 1. The fourth-order valence-electron chi connectivity index (χ4n) is 3.97. The molecule has 0 fully saturated rings. The number of unbranched alkanes of at least 4 members (excludes halogenated alkanes) is 1. The first-order valence-corrected chi connectivity index (χ1v) is 14.5. The standard InChI is InChI=1S/C29H34ClN3O5S/c1-4-5-19-31-29(35)22(2)32(20-23-15-17-24(30)18-16-23)28(34)21-33(26-13-9-10-14-27(26)38-3)39(36,37)25-11-7-6-8-12-25/h6-18,22H,4-5,19-21H2,1-3H3,(H,31,35)/t22-/m1/s1. The lowest BCUT2D eigenvalue weighted by Gasteiger charge is -2.32. The number of benzene rings is 3. The molecule has 0 spiro atoms. The molecular formula is C29H34ClN3O5S. The minimum Gasteiger partial charge on any atom is -0.495 e. The molecule has 0 aliphatic carbocycles. The fourth-order valence-corrected chi connectivity index (χ4v) is 5.55. The van der Waals surface area contributed by atoms with Crippen molar-refractivity contribution in [2.45, 2.75) is 44.2 Å². The van der Waals surface area contributed by atoms with Gasteiger partial charge in [0, 0.05) is 18.1 Å². The Morgan fingerprint density at radius 3 is 2.26 bits per heavy atom. The van der Waals surface area contributed by atoms with Crippen LogP contribution in [0, 0.1) is 0 Å². The molecule has 39 heavy (non-hydrogen) atoms. The lowest BCUT2D eigenvalue weighted by Crippen LogP contribution is -2.51. The molecule has 3 aromatic rings. The van der Waals surface area contributed by atoms with Gasteiger partial charge in [0.1, 0.15) is 18.3 Å². The summed E-state index contributed by atoms with van der Waals surface area (Å²) in [5.41, 5.74) is 0.958. The quantitative estimate of drug-likeness (QED) is 0.295. The molecule has 0 radical (unpaired) electrons. The monoisotopic (exact) mass is 571 g/mol. The number of nitrogens with zero attached hydrogens (tertiary/aromatic N) is 2. The number of hydrogen-bond donors (Lipinski definition) is 1. The predicted molar refractivity (Wildman–Crippen MR) is 153 cm³/mol. The number of rotatable bonds is 13. The first-order chi connectivity index (χ1) is 18.7. The average Bonchev–Trinajstić information content (AvgIpc) is 2.95. The van der Waals surface area contributed by atoms with E-state index in [1.165, 1.54) is 24.1 Å². The minimum atomic E-state index is -4.17. The van der Waals surface area contributed by atoms with Gasteiger partial charge in [-0.25, -0.2) is 8.42 Å². The van der Waals surface area contributed by atoms with Crippen LogP contribution in [-0.2, 0) is 26.2 Å². The Hall–Kier alpha value is -3.56. The van der Waals surface area contributed by atoms with Crippen LogP contribution in [0.15, 0.2) is 83.8 Å². The third-order valence-corrected chi connectivity index (χ3v) is 8.25. The number of halogens is 1. The van der Waals surface area contributed by atoms with Gasteiger partial charge in [-0.1, -0.05) is 67.4 Å². The largest absolute Gasteiger partial charge is 0.495 e. The molecule has 0 bridgehead atoms. The van der Waals surface area contributed by atoms with Crippen molar-refractivity contribution in [2.24, 2.45) is 0 Å². The van der Waals surface area contributed by atoms with Gasteiger partial charge in [-0.2, -0.15) is 0 Å². The van der Waals surface area contributed by atoms with E-state index in [0.29, 0.717) is 17.3 Å². The van der Waals surface area contributed by atoms with Crippen molar-refractivity contribution < 1.29 is 22.7 Å². The highest BCUT2D eigenvalue weighted by molar-refractivity contribution is 7.92. The highest BCUT2D eigenvalue weighted by Gasteiger charge is 2.33. The fraction of sp³-hybridized carbons (Fsp3) is 0.310. The molecule has 3 aromatic carbocycles. The van der Waals surface area contributed by atoms with Crippen molar-refractivity contribution in [2.75, 3.05) is 24.5 Å². The summed E-state index contributed by atoms with van der Waals surface area (Å²) in [4.78, 5) is 28.3. The zero-order valence-corrected chi connectivity index (χ0v) is 23.9. The molecule has 0 aliphatic heterocycles. The minimum absolute atomic E-state index is 0.0262. The Morgan fingerprint density at radius 2 is 1.62 bits per heavy atom. The van der Waals surface area contributed by atoms with Crippen LogP contribution in [0.2, 0.25) is 5.02 Å². The van der Waals surface area contributed by atoms with Crippen molar-refractivity contribution in [1.29, 1.82) is 0 Å². The van der Waals surface area contributed by atoms with E-state index in [9.17, 15) is 18.0 Å². The van der Waals surface area contributed by atoms with Gasteiger partial charge in [0.05, 0.1) is 17.7 Å². The number of carbonyl (C=O) groups is 2. The summed E-state index contributed by atoms with van der Waals surface area (Å²) in [6.45, 7) is 3.68. The van der Waals surface area contributed by atoms with Crippen LogP contribution < -0.4 is 14.4 Å². The van der Waals surface area contributed by atoms with E-state index in [-0.39, 0.29) is 23.0 Å². The van der Waals surface area contributed by atoms with E-state index >= 15 is 0 Å². The second-order valence-corrected chi connectivity index (χ2v) is 11.3. The molecule has 208 valence electrons. The number of hydrogen-bond acceptors (Lipinski definition) is 5. The highest BCUT2D eigenvalue weighted by atomic mass is 35.5. The Labute approximate surface area is 235 Å². The lowest BCUT2D eigenvalue weighted by atomic mass is 10.1. The molecule has 1 atom stereocenters. The maximum Gasteiger partial charge on any atom is 0.264 e. The molecule has 0 unspecified atom stereocenters. The lowest BCUT2D eigenvalue weighted by molar-refractivity contribution is -0.139. The SMILES string of the molecule is CCCCNC(=O)[C@@H](C)N(Cc1ccc(Cl)cc1)C(=O)CN(c1ccccc1OC)S(=O)(=O)c1ccccc1. The van der Waals surface area contributed by atoms with E-state index in [1.54, 1.807) is 73.7 Å². The van der Waals surface area contributed by atoms with Crippen LogP contribution in [-0.4, -0.2) is 51.4 Å². The molecular weight excluding hydrogens is 538 g/mol.